The first-order chi connectivity index (χ1) is 12.5. The molecule has 0 heterocycles. The summed E-state index contributed by atoms with van der Waals surface area (Å²) < 4.78 is 71.3. The summed E-state index contributed by atoms with van der Waals surface area (Å²) in [7, 11) is 0. The average Bonchev–Trinajstić information content (AvgIpc) is 2.51. The van der Waals surface area contributed by atoms with E-state index in [0.717, 1.165) is 0 Å². The number of para-hydroxylation sites is 1. The van der Waals surface area contributed by atoms with Crippen molar-refractivity contribution in [1.82, 2.24) is 0 Å². The van der Waals surface area contributed by atoms with Gasteiger partial charge in [0.25, 0.3) is 0 Å². The van der Waals surface area contributed by atoms with E-state index in [1.54, 1.807) is 0 Å². The van der Waals surface area contributed by atoms with Gasteiger partial charge in [-0.15, -0.1) is 0 Å². The van der Waals surface area contributed by atoms with Gasteiger partial charge >= 0.3 is 6.18 Å². The molecule has 0 saturated heterocycles. The maximum atomic E-state index is 14.0. The number of rotatable bonds is 3. The molecule has 0 aromatic heterocycles. The second-order valence-electron chi connectivity index (χ2n) is 4.96. The lowest BCUT2D eigenvalue weighted by Crippen LogP contribution is -2.26. The molecule has 2 rings (SSSR count). The highest BCUT2D eigenvalue weighted by Crippen LogP contribution is 2.41. The number of nitrogens with two attached hydrogens (primary N) is 3. The number of hydrogen-bond donors (Lipinski definition) is 3. The van der Waals surface area contributed by atoms with E-state index < -0.39 is 29.1 Å². The van der Waals surface area contributed by atoms with Gasteiger partial charge in [0.05, 0.1) is 10.0 Å². The Balaban J connectivity index is 2.51. The van der Waals surface area contributed by atoms with Crippen molar-refractivity contribution >= 4 is 33.5 Å². The van der Waals surface area contributed by atoms with Crippen LogP contribution in [0.3, 0.4) is 0 Å². The summed E-state index contributed by atoms with van der Waals surface area (Å²) in [5, 5.41) is 0. The minimum atomic E-state index is -4.92. The first-order valence-corrected chi connectivity index (χ1v) is 7.74. The molecule has 0 aliphatic heterocycles. The van der Waals surface area contributed by atoms with Crippen LogP contribution in [0, 0.1) is 11.6 Å². The molecule has 0 amide bonds. The van der Waals surface area contributed by atoms with Gasteiger partial charge < -0.3 is 21.9 Å². The average molecular weight is 452 g/mol. The standard InChI is InChI=1S/C15H11BrF5N5O/c16-7-2-1-3-10(25-14(24)26-13(22)23)11(7)27-12-8(17)4-6(5-9(12)18)15(19,20)21/h1-5H,(H6,22,23,24,25,26). The quantitative estimate of drug-likeness (QED) is 0.374. The van der Waals surface area contributed by atoms with Crippen molar-refractivity contribution in [2.45, 2.75) is 6.18 Å². The van der Waals surface area contributed by atoms with Gasteiger partial charge in [0, 0.05) is 0 Å². The summed E-state index contributed by atoms with van der Waals surface area (Å²) in [4.78, 5) is 7.32. The number of alkyl halides is 3. The smallest absolute Gasteiger partial charge is 0.416 e. The Hall–Kier alpha value is -2.89. The normalized spacial score (nSPS) is 12.0. The number of guanidine groups is 2. The maximum Gasteiger partial charge on any atom is 0.416 e. The van der Waals surface area contributed by atoms with E-state index in [1.807, 2.05) is 0 Å². The fraction of sp³-hybridized carbons (Fsp3) is 0.0667. The summed E-state index contributed by atoms with van der Waals surface area (Å²) in [6, 6.07) is 4.54. The van der Waals surface area contributed by atoms with Crippen LogP contribution in [-0.2, 0) is 6.18 Å². The molecule has 0 radical (unpaired) electrons. The van der Waals surface area contributed by atoms with Crippen molar-refractivity contribution in [2.75, 3.05) is 0 Å². The highest BCUT2D eigenvalue weighted by Gasteiger charge is 2.33. The van der Waals surface area contributed by atoms with Gasteiger partial charge in [0.1, 0.15) is 5.69 Å². The molecule has 0 aliphatic carbocycles. The SMILES string of the molecule is NC(N)=NC(N)=Nc1cccc(Br)c1Oc1c(F)cc(C(F)(F)F)cc1F. The zero-order valence-electron chi connectivity index (χ0n) is 13.2. The number of ether oxygens (including phenoxy) is 1. The lowest BCUT2D eigenvalue weighted by Gasteiger charge is -2.14. The molecule has 0 fully saturated rings. The van der Waals surface area contributed by atoms with Crippen LogP contribution in [-0.4, -0.2) is 11.9 Å². The summed E-state index contributed by atoms with van der Waals surface area (Å²) >= 11 is 3.10. The van der Waals surface area contributed by atoms with Crippen molar-refractivity contribution in [1.29, 1.82) is 0 Å². The topological polar surface area (TPSA) is 112 Å². The van der Waals surface area contributed by atoms with Gasteiger partial charge in [-0.05, 0) is 40.2 Å². The molecule has 12 heteroatoms. The first kappa shape index (κ1) is 20.4. The van der Waals surface area contributed by atoms with E-state index in [0.29, 0.717) is 0 Å². The molecule has 0 atom stereocenters. The van der Waals surface area contributed by atoms with E-state index >= 15 is 0 Å². The molecular weight excluding hydrogens is 441 g/mol. The second-order valence-corrected chi connectivity index (χ2v) is 5.82. The molecule has 0 spiro atoms. The van der Waals surface area contributed by atoms with E-state index in [4.69, 9.17) is 21.9 Å². The van der Waals surface area contributed by atoms with Gasteiger partial charge in [-0.3, -0.25) is 0 Å². The summed E-state index contributed by atoms with van der Waals surface area (Å²) in [6.07, 6.45) is -4.92. The Bertz CT molecular complexity index is 902. The molecule has 27 heavy (non-hydrogen) atoms. The van der Waals surface area contributed by atoms with Crippen molar-refractivity contribution in [2.24, 2.45) is 27.2 Å². The predicted molar refractivity (Wildman–Crippen MR) is 92.7 cm³/mol. The lowest BCUT2D eigenvalue weighted by atomic mass is 10.2. The van der Waals surface area contributed by atoms with Crippen LogP contribution >= 0.6 is 15.9 Å². The Morgan fingerprint density at radius 2 is 1.59 bits per heavy atom. The lowest BCUT2D eigenvalue weighted by molar-refractivity contribution is -0.138. The third kappa shape index (κ3) is 5.06. The largest absolute Gasteiger partial charge is 0.448 e. The fourth-order valence-corrected chi connectivity index (χ4v) is 2.33. The summed E-state index contributed by atoms with van der Waals surface area (Å²) in [5.74, 6) is -5.13. The maximum absolute atomic E-state index is 14.0. The van der Waals surface area contributed by atoms with Crippen molar-refractivity contribution in [3.8, 4) is 11.5 Å². The monoisotopic (exact) mass is 451 g/mol. The number of aliphatic imine (C=N–C) groups is 2. The molecule has 144 valence electrons. The van der Waals surface area contributed by atoms with E-state index in [1.165, 1.54) is 18.2 Å². The molecule has 2 aromatic rings. The Labute approximate surface area is 157 Å². The summed E-state index contributed by atoms with van der Waals surface area (Å²) in [5.41, 5.74) is 14.3. The van der Waals surface area contributed by atoms with Gasteiger partial charge in [0.2, 0.25) is 5.96 Å². The van der Waals surface area contributed by atoms with E-state index in [9.17, 15) is 22.0 Å². The van der Waals surface area contributed by atoms with Crippen LogP contribution in [0.2, 0.25) is 0 Å². The molecule has 0 aliphatic rings. The molecular formula is C15H11BrF5N5O. The van der Waals surface area contributed by atoms with Crippen LogP contribution in [0.4, 0.5) is 27.6 Å². The third-order valence-corrected chi connectivity index (χ3v) is 3.58. The third-order valence-electron chi connectivity index (χ3n) is 2.95. The number of halogens is 6. The Kier molecular flexibility index (Phi) is 5.88. The van der Waals surface area contributed by atoms with E-state index in [2.05, 4.69) is 25.9 Å². The van der Waals surface area contributed by atoms with E-state index in [-0.39, 0.29) is 40.0 Å². The van der Waals surface area contributed by atoms with Crippen LogP contribution in [0.1, 0.15) is 5.56 Å². The number of benzene rings is 2. The Morgan fingerprint density at radius 3 is 2.11 bits per heavy atom. The Morgan fingerprint density at radius 1 is 1.00 bits per heavy atom. The van der Waals surface area contributed by atoms with Crippen LogP contribution < -0.4 is 21.9 Å². The minimum absolute atomic E-state index is 0.0365. The molecule has 6 N–H and O–H groups in total. The van der Waals surface area contributed by atoms with Gasteiger partial charge in [-0.2, -0.15) is 18.2 Å². The first-order valence-electron chi connectivity index (χ1n) is 6.95. The molecule has 0 saturated carbocycles. The van der Waals surface area contributed by atoms with Gasteiger partial charge in [-0.25, -0.2) is 13.8 Å². The number of nitrogens with zero attached hydrogens (tertiary/aromatic N) is 2. The van der Waals surface area contributed by atoms with Crippen molar-refractivity contribution in [3.05, 3.63) is 52.0 Å². The van der Waals surface area contributed by atoms with Crippen LogP contribution in [0.15, 0.2) is 44.8 Å². The second kappa shape index (κ2) is 7.78. The van der Waals surface area contributed by atoms with Gasteiger partial charge in [-0.1, -0.05) is 6.07 Å². The molecule has 0 unspecified atom stereocenters. The zero-order chi connectivity index (χ0) is 20.4. The van der Waals surface area contributed by atoms with Crippen molar-refractivity contribution < 1.29 is 26.7 Å². The van der Waals surface area contributed by atoms with Gasteiger partial charge in [0.15, 0.2) is 29.1 Å². The molecule has 6 nitrogen and oxygen atoms in total. The van der Waals surface area contributed by atoms with Crippen LogP contribution in [0.25, 0.3) is 0 Å². The highest BCUT2D eigenvalue weighted by molar-refractivity contribution is 9.10. The van der Waals surface area contributed by atoms with Crippen LogP contribution in [0.5, 0.6) is 11.5 Å². The summed E-state index contributed by atoms with van der Waals surface area (Å²) in [6.45, 7) is 0. The highest BCUT2D eigenvalue weighted by atomic mass is 79.9. The minimum Gasteiger partial charge on any atom is -0.448 e. The number of hydrogen-bond acceptors (Lipinski definition) is 2. The fourth-order valence-electron chi connectivity index (χ4n) is 1.89. The molecule has 2 aromatic carbocycles. The zero-order valence-corrected chi connectivity index (χ0v) is 14.8. The molecule has 0 bridgehead atoms. The predicted octanol–water partition coefficient (Wildman–Crippen LogP) is 3.76. The van der Waals surface area contributed by atoms with Crippen molar-refractivity contribution in [3.63, 3.8) is 0 Å².